The molecule has 1 aromatic rings. The summed E-state index contributed by atoms with van der Waals surface area (Å²) in [5.74, 6) is -40.5. The molecule has 1 fully saturated rings. The molecule has 162 valence electrons. The molecule has 0 atom stereocenters. The second-order valence-corrected chi connectivity index (χ2v) is 5.79. The standard InChI is InChI=1S/C13H5F11N2O3/c14-8(7(27)25-5-2-1-3-6(4-5)26(28)29)9(15,16)11(19,20)13(23,24)12(21,22)10(8,17)18/h1-4H,(H,25,27). The summed E-state index contributed by atoms with van der Waals surface area (Å²) in [6, 6.07) is 2.16. The number of anilines is 1. The van der Waals surface area contributed by atoms with Gasteiger partial charge in [-0.15, -0.1) is 0 Å². The molecule has 1 aliphatic rings. The van der Waals surface area contributed by atoms with Crippen LogP contribution in [-0.4, -0.2) is 46.1 Å². The maximum absolute atomic E-state index is 14.5. The number of nitro groups is 1. The van der Waals surface area contributed by atoms with Gasteiger partial charge < -0.3 is 5.32 Å². The molecule has 0 heterocycles. The second kappa shape index (κ2) is 5.91. The fourth-order valence-corrected chi connectivity index (χ4v) is 2.42. The third-order valence-electron chi connectivity index (χ3n) is 4.07. The SMILES string of the molecule is O=C(Nc1cccc([N+](=O)[O-])c1)C1(F)C(F)(F)C(F)(F)C(F)(F)C(F)(F)C1(F)F. The molecular weight excluding hydrogens is 441 g/mol. The van der Waals surface area contributed by atoms with E-state index in [4.69, 9.17) is 0 Å². The Morgan fingerprint density at radius 3 is 1.62 bits per heavy atom. The number of alkyl halides is 11. The average Bonchev–Trinajstić information content (AvgIpc) is 2.59. The highest BCUT2D eigenvalue weighted by molar-refractivity contribution is 6.00. The van der Waals surface area contributed by atoms with E-state index >= 15 is 0 Å². The molecule has 0 unspecified atom stereocenters. The van der Waals surface area contributed by atoms with Crippen LogP contribution in [0.5, 0.6) is 0 Å². The lowest BCUT2D eigenvalue weighted by Crippen LogP contribution is -2.86. The maximum Gasteiger partial charge on any atom is 0.384 e. The maximum atomic E-state index is 14.5. The van der Waals surface area contributed by atoms with Crippen LogP contribution < -0.4 is 5.32 Å². The predicted octanol–water partition coefficient (Wildman–Crippen LogP) is 4.43. The largest absolute Gasteiger partial charge is 0.384 e. The van der Waals surface area contributed by atoms with E-state index in [1.165, 1.54) is 0 Å². The van der Waals surface area contributed by atoms with Crippen molar-refractivity contribution < 1.29 is 58.0 Å². The van der Waals surface area contributed by atoms with Crippen LogP contribution in [0.2, 0.25) is 0 Å². The first-order chi connectivity index (χ1) is 12.8. The smallest absolute Gasteiger partial charge is 0.323 e. The van der Waals surface area contributed by atoms with Crippen molar-refractivity contribution in [2.45, 2.75) is 35.3 Å². The zero-order chi connectivity index (χ0) is 22.8. The van der Waals surface area contributed by atoms with Crippen molar-refractivity contribution in [2.75, 3.05) is 5.32 Å². The number of carbonyl (C=O) groups excluding carboxylic acids is 1. The molecule has 16 heteroatoms. The molecule has 0 bridgehead atoms. The van der Waals surface area contributed by atoms with Gasteiger partial charge in [-0.1, -0.05) is 6.07 Å². The summed E-state index contributed by atoms with van der Waals surface area (Å²) in [4.78, 5) is 21.0. The van der Waals surface area contributed by atoms with Gasteiger partial charge >= 0.3 is 35.3 Å². The number of carbonyl (C=O) groups is 1. The van der Waals surface area contributed by atoms with Gasteiger partial charge in [-0.2, -0.15) is 43.9 Å². The summed E-state index contributed by atoms with van der Waals surface area (Å²) in [6.45, 7) is 0. The van der Waals surface area contributed by atoms with Gasteiger partial charge in [-0.25, -0.2) is 4.39 Å². The third-order valence-corrected chi connectivity index (χ3v) is 4.07. The third kappa shape index (κ3) is 2.43. The molecular formula is C13H5F11N2O3. The lowest BCUT2D eigenvalue weighted by Gasteiger charge is -2.51. The van der Waals surface area contributed by atoms with Crippen molar-refractivity contribution in [3.05, 3.63) is 34.4 Å². The highest BCUT2D eigenvalue weighted by Gasteiger charge is 3.02. The van der Waals surface area contributed by atoms with Gasteiger partial charge in [0.1, 0.15) is 0 Å². The molecule has 1 saturated carbocycles. The first-order valence-corrected chi connectivity index (χ1v) is 6.94. The fraction of sp³-hybridized carbons (Fsp3) is 0.462. The van der Waals surface area contributed by atoms with Crippen LogP contribution in [0.1, 0.15) is 0 Å². The van der Waals surface area contributed by atoms with Crippen molar-refractivity contribution in [1.29, 1.82) is 0 Å². The second-order valence-electron chi connectivity index (χ2n) is 5.79. The Hall–Kier alpha value is -2.68. The van der Waals surface area contributed by atoms with Crippen LogP contribution in [-0.2, 0) is 4.79 Å². The molecule has 1 amide bonds. The Labute approximate surface area is 151 Å². The van der Waals surface area contributed by atoms with Gasteiger partial charge in [0.2, 0.25) is 0 Å². The van der Waals surface area contributed by atoms with Crippen LogP contribution in [0.4, 0.5) is 59.7 Å². The van der Waals surface area contributed by atoms with Crippen molar-refractivity contribution in [1.82, 2.24) is 0 Å². The molecule has 5 nitrogen and oxygen atoms in total. The molecule has 0 aromatic heterocycles. The van der Waals surface area contributed by atoms with Crippen molar-refractivity contribution in [2.24, 2.45) is 0 Å². The monoisotopic (exact) mass is 446 g/mol. The highest BCUT2D eigenvalue weighted by atomic mass is 19.4. The Morgan fingerprint density at radius 1 is 0.793 bits per heavy atom. The summed E-state index contributed by atoms with van der Waals surface area (Å²) in [5, 5.41) is 11.3. The summed E-state index contributed by atoms with van der Waals surface area (Å²) in [6.07, 6.45) is 0. The summed E-state index contributed by atoms with van der Waals surface area (Å²) in [5.41, 5.74) is -8.95. The average molecular weight is 446 g/mol. The molecule has 0 aliphatic heterocycles. The van der Waals surface area contributed by atoms with E-state index in [2.05, 4.69) is 0 Å². The molecule has 0 radical (unpaired) electrons. The van der Waals surface area contributed by atoms with Gasteiger partial charge in [0.15, 0.2) is 0 Å². The van der Waals surface area contributed by atoms with Gasteiger partial charge in [-0.05, 0) is 6.07 Å². The molecule has 2 rings (SSSR count). The number of hydrogen-bond donors (Lipinski definition) is 1. The highest BCUT2D eigenvalue weighted by Crippen LogP contribution is 2.69. The summed E-state index contributed by atoms with van der Waals surface area (Å²) in [7, 11) is 0. The van der Waals surface area contributed by atoms with E-state index in [0.29, 0.717) is 18.2 Å². The topological polar surface area (TPSA) is 72.2 Å². The van der Waals surface area contributed by atoms with Gasteiger partial charge in [0.25, 0.3) is 11.6 Å². The number of amides is 1. The van der Waals surface area contributed by atoms with E-state index in [1.54, 1.807) is 0 Å². The van der Waals surface area contributed by atoms with Gasteiger partial charge in [0.05, 0.1) is 4.92 Å². The van der Waals surface area contributed by atoms with E-state index < -0.39 is 57.5 Å². The Kier molecular flexibility index (Phi) is 4.61. The predicted molar refractivity (Wildman–Crippen MR) is 70.3 cm³/mol. The van der Waals surface area contributed by atoms with E-state index in [9.17, 15) is 63.2 Å². The molecule has 0 spiro atoms. The number of nitro benzene ring substituents is 1. The normalized spacial score (nSPS) is 25.1. The Morgan fingerprint density at radius 2 is 1.21 bits per heavy atom. The number of non-ortho nitro benzene ring substituents is 1. The van der Waals surface area contributed by atoms with Crippen LogP contribution in [0.3, 0.4) is 0 Å². The van der Waals surface area contributed by atoms with Crippen molar-refractivity contribution in [3.8, 4) is 0 Å². The Balaban J connectivity index is 2.66. The number of halogens is 11. The number of hydrogen-bond acceptors (Lipinski definition) is 3. The molecule has 1 N–H and O–H groups in total. The number of rotatable bonds is 3. The number of nitrogens with one attached hydrogen (secondary N) is 1. The van der Waals surface area contributed by atoms with Crippen molar-refractivity contribution >= 4 is 17.3 Å². The number of nitrogens with zero attached hydrogens (tertiary/aromatic N) is 1. The minimum atomic E-state index is -7.45. The quantitative estimate of drug-likeness (QED) is 0.424. The zero-order valence-electron chi connectivity index (χ0n) is 13.1. The summed E-state index contributed by atoms with van der Waals surface area (Å²) < 4.78 is 149. The van der Waals surface area contributed by atoms with Gasteiger partial charge in [-0.3, -0.25) is 14.9 Å². The minimum Gasteiger partial charge on any atom is -0.323 e. The van der Waals surface area contributed by atoms with Crippen molar-refractivity contribution in [3.63, 3.8) is 0 Å². The summed E-state index contributed by atoms with van der Waals surface area (Å²) >= 11 is 0. The molecule has 0 saturated heterocycles. The number of benzene rings is 1. The van der Waals surface area contributed by atoms with Crippen LogP contribution >= 0.6 is 0 Å². The van der Waals surface area contributed by atoms with Crippen LogP contribution in [0.25, 0.3) is 0 Å². The molecule has 1 aliphatic carbocycles. The van der Waals surface area contributed by atoms with Gasteiger partial charge in [0, 0.05) is 17.8 Å². The molecule has 29 heavy (non-hydrogen) atoms. The minimum absolute atomic E-state index is 0.241. The van der Waals surface area contributed by atoms with Crippen LogP contribution in [0, 0.1) is 10.1 Å². The fourth-order valence-electron chi connectivity index (χ4n) is 2.42. The van der Waals surface area contributed by atoms with E-state index in [1.807, 2.05) is 0 Å². The van der Waals surface area contributed by atoms with E-state index in [0.717, 1.165) is 5.32 Å². The molecule has 1 aromatic carbocycles. The van der Waals surface area contributed by atoms with Crippen LogP contribution in [0.15, 0.2) is 24.3 Å². The Bertz CT molecular complexity index is 841. The first kappa shape index (κ1) is 22.6. The lowest BCUT2D eigenvalue weighted by atomic mass is 9.71. The lowest BCUT2D eigenvalue weighted by molar-refractivity contribution is -0.475. The van der Waals surface area contributed by atoms with E-state index in [-0.39, 0.29) is 6.07 Å². The zero-order valence-corrected chi connectivity index (χ0v) is 13.1. The first-order valence-electron chi connectivity index (χ1n) is 6.94.